The van der Waals surface area contributed by atoms with Crippen molar-refractivity contribution >= 4 is 38.9 Å². The minimum Gasteiger partial charge on any atom is -0.478 e. The van der Waals surface area contributed by atoms with E-state index in [-0.39, 0.29) is 5.56 Å². The van der Waals surface area contributed by atoms with Crippen molar-refractivity contribution in [3.63, 3.8) is 0 Å². The molecule has 0 radical (unpaired) electrons. The molecule has 2 aromatic rings. The first-order chi connectivity index (χ1) is 8.15. The summed E-state index contributed by atoms with van der Waals surface area (Å²) in [5.74, 6) is -0.938. The summed E-state index contributed by atoms with van der Waals surface area (Å²) in [7, 11) is 0. The molecule has 2 N–H and O–H groups in total. The molecule has 1 aromatic heterocycles. The van der Waals surface area contributed by atoms with Gasteiger partial charge in [0, 0.05) is 21.2 Å². The highest BCUT2D eigenvalue weighted by Crippen LogP contribution is 2.20. The third-order valence-electron chi connectivity index (χ3n) is 2.09. The Hall–Kier alpha value is -1.40. The molecule has 0 atom stereocenters. The number of thiazole rings is 1. The molecule has 0 amide bonds. The predicted octanol–water partition coefficient (Wildman–Crippen LogP) is 3.22. The van der Waals surface area contributed by atoms with Gasteiger partial charge in [0.25, 0.3) is 0 Å². The van der Waals surface area contributed by atoms with E-state index in [1.165, 1.54) is 0 Å². The molecule has 6 heteroatoms. The number of benzene rings is 1. The fourth-order valence-corrected chi connectivity index (χ4v) is 2.36. The van der Waals surface area contributed by atoms with Crippen LogP contribution in [0.3, 0.4) is 0 Å². The number of hydrogen-bond donors (Lipinski definition) is 2. The van der Waals surface area contributed by atoms with E-state index in [4.69, 9.17) is 5.11 Å². The maximum absolute atomic E-state index is 10.9. The quantitative estimate of drug-likeness (QED) is 0.910. The number of hydrogen-bond acceptors (Lipinski definition) is 4. The zero-order chi connectivity index (χ0) is 12.3. The van der Waals surface area contributed by atoms with Gasteiger partial charge in [0.15, 0.2) is 0 Å². The second-order valence-corrected chi connectivity index (χ2v) is 5.24. The first-order valence-electron chi connectivity index (χ1n) is 4.80. The molecule has 0 saturated carbocycles. The smallest absolute Gasteiger partial charge is 0.335 e. The first-order valence-corrected chi connectivity index (χ1v) is 6.47. The van der Waals surface area contributed by atoms with Gasteiger partial charge in [-0.15, -0.1) is 11.3 Å². The maximum atomic E-state index is 10.9. The molecule has 17 heavy (non-hydrogen) atoms. The van der Waals surface area contributed by atoms with Gasteiger partial charge in [-0.05, 0) is 18.2 Å². The van der Waals surface area contributed by atoms with Crippen LogP contribution in [-0.4, -0.2) is 16.1 Å². The van der Waals surface area contributed by atoms with Crippen LogP contribution in [0.2, 0.25) is 0 Å². The van der Waals surface area contributed by atoms with Crippen molar-refractivity contribution < 1.29 is 9.90 Å². The van der Waals surface area contributed by atoms with Gasteiger partial charge in [0.2, 0.25) is 0 Å². The molecular formula is C11H9BrN2O2S. The minimum atomic E-state index is -0.938. The fraction of sp³-hybridized carbons (Fsp3) is 0.0909. The normalized spacial score (nSPS) is 10.2. The average molecular weight is 313 g/mol. The highest BCUT2D eigenvalue weighted by molar-refractivity contribution is 9.10. The van der Waals surface area contributed by atoms with Crippen LogP contribution in [0.1, 0.15) is 15.2 Å². The molecule has 0 aliphatic heterocycles. The van der Waals surface area contributed by atoms with E-state index >= 15 is 0 Å². The lowest BCUT2D eigenvalue weighted by Crippen LogP contribution is -2.01. The second-order valence-electron chi connectivity index (χ2n) is 3.36. The van der Waals surface area contributed by atoms with Gasteiger partial charge in [0.1, 0.15) is 0 Å². The number of nitrogens with one attached hydrogen (secondary N) is 1. The molecule has 0 fully saturated rings. The standard InChI is InChI=1S/C11H9BrN2O2S/c12-8-1-7(11(15)16)2-9(3-8)14-5-10-4-13-6-17-10/h1-4,6,14H,5H2,(H,15,16). The lowest BCUT2D eigenvalue weighted by Gasteiger charge is -2.06. The van der Waals surface area contributed by atoms with E-state index in [1.54, 1.807) is 35.2 Å². The molecule has 2 rings (SSSR count). The molecule has 0 bridgehead atoms. The number of anilines is 1. The summed E-state index contributed by atoms with van der Waals surface area (Å²) in [6.45, 7) is 0.639. The van der Waals surface area contributed by atoms with Gasteiger partial charge in [-0.1, -0.05) is 15.9 Å². The van der Waals surface area contributed by atoms with Crippen molar-refractivity contribution in [1.29, 1.82) is 0 Å². The van der Waals surface area contributed by atoms with E-state index in [0.717, 1.165) is 15.0 Å². The minimum absolute atomic E-state index is 0.256. The molecule has 0 unspecified atom stereocenters. The summed E-state index contributed by atoms with van der Waals surface area (Å²) >= 11 is 4.84. The van der Waals surface area contributed by atoms with Gasteiger partial charge < -0.3 is 10.4 Å². The highest BCUT2D eigenvalue weighted by atomic mass is 79.9. The van der Waals surface area contributed by atoms with Gasteiger partial charge >= 0.3 is 5.97 Å². The van der Waals surface area contributed by atoms with Crippen molar-refractivity contribution in [2.75, 3.05) is 5.32 Å². The molecule has 88 valence electrons. The van der Waals surface area contributed by atoms with Crippen LogP contribution in [-0.2, 0) is 6.54 Å². The third-order valence-corrected chi connectivity index (χ3v) is 3.33. The van der Waals surface area contributed by atoms with Crippen LogP contribution in [0.5, 0.6) is 0 Å². The number of rotatable bonds is 4. The molecule has 1 aromatic carbocycles. The summed E-state index contributed by atoms with van der Waals surface area (Å²) < 4.78 is 0.740. The third kappa shape index (κ3) is 3.28. The van der Waals surface area contributed by atoms with Crippen molar-refractivity contribution in [2.24, 2.45) is 0 Å². The lowest BCUT2D eigenvalue weighted by molar-refractivity contribution is 0.0697. The van der Waals surface area contributed by atoms with Gasteiger partial charge in [-0.3, -0.25) is 4.98 Å². The molecule has 1 heterocycles. The summed E-state index contributed by atoms with van der Waals surface area (Å²) in [6.07, 6.45) is 1.79. The Kier molecular flexibility index (Phi) is 3.75. The van der Waals surface area contributed by atoms with Crippen LogP contribution >= 0.6 is 27.3 Å². The molecule has 0 aliphatic carbocycles. The van der Waals surface area contributed by atoms with E-state index in [1.807, 2.05) is 6.07 Å². The zero-order valence-corrected chi connectivity index (χ0v) is 11.1. The van der Waals surface area contributed by atoms with Crippen molar-refractivity contribution in [3.05, 3.63) is 44.8 Å². The Labute approximate surface area is 110 Å². The van der Waals surface area contributed by atoms with Crippen LogP contribution < -0.4 is 5.32 Å². The molecular weight excluding hydrogens is 304 g/mol. The average Bonchev–Trinajstić information content (AvgIpc) is 2.78. The summed E-state index contributed by atoms with van der Waals surface area (Å²) in [4.78, 5) is 16.0. The molecule has 0 saturated heterocycles. The fourth-order valence-electron chi connectivity index (χ4n) is 1.33. The zero-order valence-electron chi connectivity index (χ0n) is 8.68. The van der Waals surface area contributed by atoms with E-state index in [9.17, 15) is 4.79 Å². The second kappa shape index (κ2) is 5.29. The topological polar surface area (TPSA) is 62.2 Å². The predicted molar refractivity (Wildman–Crippen MR) is 70.5 cm³/mol. The van der Waals surface area contributed by atoms with Crippen molar-refractivity contribution in [3.8, 4) is 0 Å². The highest BCUT2D eigenvalue weighted by Gasteiger charge is 2.06. The Balaban J connectivity index is 2.13. The number of aromatic nitrogens is 1. The lowest BCUT2D eigenvalue weighted by atomic mass is 10.2. The van der Waals surface area contributed by atoms with E-state index in [2.05, 4.69) is 26.2 Å². The number of aromatic carboxylic acids is 1. The first kappa shape index (κ1) is 12.1. The van der Waals surface area contributed by atoms with Crippen LogP contribution in [0, 0.1) is 0 Å². The number of carbonyl (C=O) groups is 1. The van der Waals surface area contributed by atoms with Crippen LogP contribution in [0.15, 0.2) is 34.4 Å². The number of nitrogens with zero attached hydrogens (tertiary/aromatic N) is 1. The monoisotopic (exact) mass is 312 g/mol. The van der Waals surface area contributed by atoms with E-state index < -0.39 is 5.97 Å². The van der Waals surface area contributed by atoms with Crippen LogP contribution in [0.4, 0.5) is 5.69 Å². The Morgan fingerprint density at radius 3 is 2.94 bits per heavy atom. The molecule has 0 aliphatic rings. The number of halogens is 1. The molecule has 0 spiro atoms. The Bertz CT molecular complexity index is 528. The van der Waals surface area contributed by atoms with Gasteiger partial charge in [-0.25, -0.2) is 4.79 Å². The van der Waals surface area contributed by atoms with Crippen molar-refractivity contribution in [1.82, 2.24) is 4.98 Å². The van der Waals surface area contributed by atoms with Gasteiger partial charge in [-0.2, -0.15) is 0 Å². The molecule has 4 nitrogen and oxygen atoms in total. The summed E-state index contributed by atoms with van der Waals surface area (Å²) in [6, 6.07) is 5.02. The Morgan fingerprint density at radius 2 is 2.29 bits per heavy atom. The Morgan fingerprint density at radius 1 is 1.47 bits per heavy atom. The SMILES string of the molecule is O=C(O)c1cc(Br)cc(NCc2cncs2)c1. The summed E-state index contributed by atoms with van der Waals surface area (Å²) in [5, 5.41) is 12.1. The van der Waals surface area contributed by atoms with Gasteiger partial charge in [0.05, 0.1) is 17.6 Å². The van der Waals surface area contributed by atoms with Crippen LogP contribution in [0.25, 0.3) is 0 Å². The number of carboxylic acids is 1. The summed E-state index contributed by atoms with van der Waals surface area (Å²) in [5.41, 5.74) is 2.79. The van der Waals surface area contributed by atoms with Crippen molar-refractivity contribution in [2.45, 2.75) is 6.54 Å². The number of carboxylic acid groups (broad SMARTS) is 1. The maximum Gasteiger partial charge on any atom is 0.335 e. The largest absolute Gasteiger partial charge is 0.478 e. The van der Waals surface area contributed by atoms with E-state index in [0.29, 0.717) is 6.54 Å².